The highest BCUT2D eigenvalue weighted by molar-refractivity contribution is 7.99. The fraction of sp³-hybridized carbons (Fsp3) is 0.385. The van der Waals surface area contributed by atoms with Crippen LogP contribution >= 0.6 is 23.1 Å². The van der Waals surface area contributed by atoms with Crippen molar-refractivity contribution in [2.24, 2.45) is 7.05 Å². The first-order valence-electron chi connectivity index (χ1n) is 6.77. The van der Waals surface area contributed by atoms with Crippen molar-refractivity contribution >= 4 is 35.0 Å². The van der Waals surface area contributed by atoms with Crippen LogP contribution in [0.1, 0.15) is 10.7 Å². The first-order chi connectivity index (χ1) is 10.6. The number of thioether (sulfide) groups is 1. The molecule has 2 aromatic heterocycles. The Kier molecular flexibility index (Phi) is 4.44. The quantitative estimate of drug-likeness (QED) is 0.827. The van der Waals surface area contributed by atoms with Crippen LogP contribution in [0.5, 0.6) is 0 Å². The van der Waals surface area contributed by atoms with Gasteiger partial charge in [-0.3, -0.25) is 9.69 Å². The standard InChI is InChI=1S/C13H15N5O2S2/c1-17-10(7-9-3-2-6-21-9)15-16-13(17)22-8-11(19)18-5-4-14-12(18)20/h2-3,6H,4-5,7-8H2,1H3,(H,14,20). The molecular formula is C13H15N5O2S2. The molecule has 1 N–H and O–H groups in total. The Labute approximate surface area is 135 Å². The average molecular weight is 337 g/mol. The van der Waals surface area contributed by atoms with Crippen LogP contribution in [0, 0.1) is 0 Å². The summed E-state index contributed by atoms with van der Waals surface area (Å²) in [4.78, 5) is 25.9. The van der Waals surface area contributed by atoms with E-state index in [2.05, 4.69) is 21.6 Å². The minimum atomic E-state index is -0.318. The van der Waals surface area contributed by atoms with Crippen LogP contribution in [-0.4, -0.2) is 50.4 Å². The third-order valence-corrected chi connectivity index (χ3v) is 5.20. The summed E-state index contributed by atoms with van der Waals surface area (Å²) in [7, 11) is 1.89. The van der Waals surface area contributed by atoms with E-state index >= 15 is 0 Å². The van der Waals surface area contributed by atoms with Gasteiger partial charge < -0.3 is 9.88 Å². The lowest BCUT2D eigenvalue weighted by molar-refractivity contribution is -0.124. The number of amides is 3. The topological polar surface area (TPSA) is 80.1 Å². The van der Waals surface area contributed by atoms with Crippen LogP contribution in [0.4, 0.5) is 4.79 Å². The molecule has 116 valence electrons. The highest BCUT2D eigenvalue weighted by Gasteiger charge is 2.26. The molecule has 3 heterocycles. The maximum atomic E-state index is 12.0. The van der Waals surface area contributed by atoms with Crippen LogP contribution in [0.2, 0.25) is 0 Å². The molecule has 9 heteroatoms. The molecule has 1 fully saturated rings. The Hall–Kier alpha value is -1.87. The zero-order chi connectivity index (χ0) is 15.5. The average Bonchev–Trinajstić information content (AvgIpc) is 3.22. The number of carbonyl (C=O) groups excluding carboxylic acids is 2. The fourth-order valence-corrected chi connectivity index (χ4v) is 3.61. The van der Waals surface area contributed by atoms with Gasteiger partial charge in [0, 0.05) is 31.4 Å². The molecule has 0 bridgehead atoms. The van der Waals surface area contributed by atoms with Crippen molar-refractivity contribution in [2.45, 2.75) is 11.6 Å². The molecule has 22 heavy (non-hydrogen) atoms. The highest BCUT2D eigenvalue weighted by atomic mass is 32.2. The molecule has 0 unspecified atom stereocenters. The molecule has 1 saturated heterocycles. The maximum Gasteiger partial charge on any atom is 0.324 e. The number of nitrogens with zero attached hydrogens (tertiary/aromatic N) is 4. The summed E-state index contributed by atoms with van der Waals surface area (Å²) >= 11 is 2.98. The number of nitrogens with one attached hydrogen (secondary N) is 1. The van der Waals surface area contributed by atoms with Gasteiger partial charge in [-0.15, -0.1) is 21.5 Å². The van der Waals surface area contributed by atoms with Crippen molar-refractivity contribution in [1.29, 1.82) is 0 Å². The lowest BCUT2D eigenvalue weighted by atomic mass is 10.3. The highest BCUT2D eigenvalue weighted by Crippen LogP contribution is 2.19. The number of rotatable bonds is 5. The Bertz CT molecular complexity index is 683. The van der Waals surface area contributed by atoms with Crippen LogP contribution in [-0.2, 0) is 18.3 Å². The SMILES string of the molecule is Cn1c(Cc2cccs2)nnc1SCC(=O)N1CCNC1=O. The van der Waals surface area contributed by atoms with Crippen LogP contribution < -0.4 is 5.32 Å². The predicted octanol–water partition coefficient (Wildman–Crippen LogP) is 1.11. The fourth-order valence-electron chi connectivity index (χ4n) is 2.11. The van der Waals surface area contributed by atoms with Gasteiger partial charge in [0.05, 0.1) is 5.75 Å². The van der Waals surface area contributed by atoms with Crippen molar-refractivity contribution in [3.8, 4) is 0 Å². The third-order valence-electron chi connectivity index (χ3n) is 3.32. The van der Waals surface area contributed by atoms with E-state index in [-0.39, 0.29) is 17.7 Å². The van der Waals surface area contributed by atoms with Gasteiger partial charge in [0.1, 0.15) is 5.82 Å². The molecule has 3 rings (SSSR count). The van der Waals surface area contributed by atoms with Crippen molar-refractivity contribution in [1.82, 2.24) is 25.0 Å². The molecule has 0 atom stereocenters. The van der Waals surface area contributed by atoms with Gasteiger partial charge in [0.15, 0.2) is 5.16 Å². The van der Waals surface area contributed by atoms with Crippen molar-refractivity contribution < 1.29 is 9.59 Å². The lowest BCUT2D eigenvalue weighted by Crippen LogP contribution is -2.35. The monoisotopic (exact) mass is 337 g/mol. The molecule has 7 nitrogen and oxygen atoms in total. The molecule has 3 amide bonds. The van der Waals surface area contributed by atoms with Crippen LogP contribution in [0.3, 0.4) is 0 Å². The summed E-state index contributed by atoms with van der Waals surface area (Å²) in [6.45, 7) is 0.949. The van der Waals surface area contributed by atoms with Gasteiger partial charge in [0.25, 0.3) is 0 Å². The van der Waals surface area contributed by atoms with E-state index in [9.17, 15) is 9.59 Å². The number of carbonyl (C=O) groups is 2. The Morgan fingerprint density at radius 2 is 2.36 bits per heavy atom. The summed E-state index contributed by atoms with van der Waals surface area (Å²) in [5, 5.41) is 13.6. The van der Waals surface area contributed by atoms with Gasteiger partial charge in [-0.1, -0.05) is 17.8 Å². The number of hydrogen-bond donors (Lipinski definition) is 1. The van der Waals surface area contributed by atoms with Crippen LogP contribution in [0.25, 0.3) is 0 Å². The smallest absolute Gasteiger partial charge is 0.324 e. The Morgan fingerprint density at radius 1 is 1.50 bits per heavy atom. The van der Waals surface area contributed by atoms with E-state index < -0.39 is 0 Å². The predicted molar refractivity (Wildman–Crippen MR) is 84.0 cm³/mol. The minimum Gasteiger partial charge on any atom is -0.336 e. The molecule has 0 spiro atoms. The lowest BCUT2D eigenvalue weighted by Gasteiger charge is -2.11. The summed E-state index contributed by atoms with van der Waals surface area (Å²) < 4.78 is 1.89. The summed E-state index contributed by atoms with van der Waals surface area (Å²) in [6, 6.07) is 3.75. The molecule has 2 aromatic rings. The van der Waals surface area contributed by atoms with E-state index in [1.807, 2.05) is 23.1 Å². The van der Waals surface area contributed by atoms with Gasteiger partial charge in [-0.05, 0) is 11.4 Å². The van der Waals surface area contributed by atoms with E-state index in [1.165, 1.54) is 21.5 Å². The largest absolute Gasteiger partial charge is 0.336 e. The van der Waals surface area contributed by atoms with Crippen molar-refractivity contribution in [2.75, 3.05) is 18.8 Å². The second kappa shape index (κ2) is 6.49. The van der Waals surface area contributed by atoms with E-state index in [0.717, 1.165) is 12.2 Å². The van der Waals surface area contributed by atoms with Gasteiger partial charge in [-0.2, -0.15) is 0 Å². The van der Waals surface area contributed by atoms with Crippen LogP contribution in [0.15, 0.2) is 22.7 Å². The number of hydrogen-bond acceptors (Lipinski definition) is 6. The first-order valence-corrected chi connectivity index (χ1v) is 8.63. The molecular weight excluding hydrogens is 322 g/mol. The van der Waals surface area contributed by atoms with E-state index in [1.54, 1.807) is 11.3 Å². The normalized spacial score (nSPS) is 14.4. The van der Waals surface area contributed by atoms with E-state index in [0.29, 0.717) is 18.2 Å². The zero-order valence-electron chi connectivity index (χ0n) is 12.0. The van der Waals surface area contributed by atoms with Crippen molar-refractivity contribution in [3.63, 3.8) is 0 Å². The maximum absolute atomic E-state index is 12.0. The minimum absolute atomic E-state index is 0.179. The second-order valence-electron chi connectivity index (χ2n) is 4.78. The van der Waals surface area contributed by atoms with Gasteiger partial charge >= 0.3 is 6.03 Å². The van der Waals surface area contributed by atoms with Gasteiger partial charge in [-0.25, -0.2) is 4.79 Å². The Balaban J connectivity index is 1.60. The Morgan fingerprint density at radius 3 is 3.05 bits per heavy atom. The third kappa shape index (κ3) is 3.14. The van der Waals surface area contributed by atoms with Gasteiger partial charge in [0.2, 0.25) is 5.91 Å². The summed E-state index contributed by atoms with van der Waals surface area (Å²) in [5.41, 5.74) is 0. The first kappa shape index (κ1) is 15.0. The molecule has 0 aromatic carbocycles. The summed E-state index contributed by atoms with van der Waals surface area (Å²) in [6.07, 6.45) is 0.726. The molecule has 0 aliphatic carbocycles. The van der Waals surface area contributed by atoms with E-state index in [4.69, 9.17) is 0 Å². The zero-order valence-corrected chi connectivity index (χ0v) is 13.6. The molecule has 0 saturated carbocycles. The second-order valence-corrected chi connectivity index (χ2v) is 6.75. The molecule has 1 aliphatic rings. The summed E-state index contributed by atoms with van der Waals surface area (Å²) in [5.74, 6) is 0.831. The number of imide groups is 1. The number of thiophene rings is 1. The molecule has 1 aliphatic heterocycles. The number of aromatic nitrogens is 3. The number of urea groups is 1. The van der Waals surface area contributed by atoms with Crippen molar-refractivity contribution in [3.05, 3.63) is 28.2 Å². The molecule has 0 radical (unpaired) electrons.